The summed E-state index contributed by atoms with van der Waals surface area (Å²) < 4.78 is 46.2. The lowest BCUT2D eigenvalue weighted by atomic mass is 10.2. The Bertz CT molecular complexity index is 1260. The number of benzene rings is 1. The van der Waals surface area contributed by atoms with Gasteiger partial charge in [0.15, 0.2) is 21.4 Å². The fourth-order valence-corrected chi connectivity index (χ4v) is 4.77. The summed E-state index contributed by atoms with van der Waals surface area (Å²) in [5.41, 5.74) is 1.09. The maximum Gasteiger partial charge on any atom is 0.322 e. The van der Waals surface area contributed by atoms with Gasteiger partial charge in [-0.15, -0.1) is 0 Å². The number of aryl methyl sites for hydroxylation is 2. The van der Waals surface area contributed by atoms with E-state index in [2.05, 4.69) is 9.97 Å². The summed E-state index contributed by atoms with van der Waals surface area (Å²) in [6.45, 7) is 3.58. The molecule has 3 aromatic rings. The second-order valence-electron chi connectivity index (χ2n) is 7.45. The van der Waals surface area contributed by atoms with Crippen molar-refractivity contribution in [2.75, 3.05) is 5.75 Å². The molecule has 2 aromatic heterocycles. The van der Waals surface area contributed by atoms with E-state index in [4.69, 9.17) is 16.3 Å². The van der Waals surface area contributed by atoms with E-state index in [1.807, 2.05) is 6.92 Å². The lowest BCUT2D eigenvalue weighted by Crippen LogP contribution is -2.16. The lowest BCUT2D eigenvalue weighted by Gasteiger charge is -2.12. The van der Waals surface area contributed by atoms with Crippen molar-refractivity contribution in [3.8, 4) is 23.0 Å². The molecule has 1 aromatic carbocycles. The Morgan fingerprint density at radius 1 is 1.22 bits per heavy atom. The van der Waals surface area contributed by atoms with Crippen LogP contribution in [-0.4, -0.2) is 28.7 Å². The highest BCUT2D eigenvalue weighted by Crippen LogP contribution is 2.28. The van der Waals surface area contributed by atoms with Crippen LogP contribution in [0.2, 0.25) is 5.02 Å². The molecule has 0 unspecified atom stereocenters. The summed E-state index contributed by atoms with van der Waals surface area (Å²) in [5.74, 6) is -0.949. The monoisotopic (exact) mass is 479 g/mol. The summed E-state index contributed by atoms with van der Waals surface area (Å²) in [6, 6.07) is 7.19. The standard InChI is InChI=1S/C22H23ClFN3O4S/c1-4-5-9-32(29,30)13-16-11-19(15-10-17(23)21(28)27(3)12-15)26-22(25-16)31-20-14(2)7-6-8-18(20)24/h6-8,10-12H,4-5,9,13H2,1-3H3. The van der Waals surface area contributed by atoms with Gasteiger partial charge in [-0.25, -0.2) is 12.8 Å². The van der Waals surface area contributed by atoms with Crippen LogP contribution in [0, 0.1) is 12.7 Å². The van der Waals surface area contributed by atoms with E-state index in [9.17, 15) is 17.6 Å². The molecule has 0 aliphatic rings. The molecule has 0 radical (unpaired) electrons. The number of hydrogen-bond acceptors (Lipinski definition) is 6. The Hall–Kier alpha value is -2.78. The Labute approximate surface area is 190 Å². The molecular formula is C22H23ClFN3O4S. The van der Waals surface area contributed by atoms with E-state index in [1.54, 1.807) is 19.1 Å². The van der Waals surface area contributed by atoms with Crippen molar-refractivity contribution in [3.05, 3.63) is 69.0 Å². The highest BCUT2D eigenvalue weighted by atomic mass is 35.5. The van der Waals surface area contributed by atoms with Gasteiger partial charge in [-0.3, -0.25) is 4.79 Å². The predicted molar refractivity (Wildman–Crippen MR) is 121 cm³/mol. The van der Waals surface area contributed by atoms with Crippen LogP contribution < -0.4 is 10.3 Å². The van der Waals surface area contributed by atoms with Crippen molar-refractivity contribution in [2.45, 2.75) is 32.4 Å². The molecule has 0 saturated heterocycles. The van der Waals surface area contributed by atoms with Crippen LogP contribution in [0.3, 0.4) is 0 Å². The van der Waals surface area contributed by atoms with Gasteiger partial charge < -0.3 is 9.30 Å². The average molecular weight is 480 g/mol. The number of aromatic nitrogens is 3. The number of ether oxygens (including phenoxy) is 1. The third kappa shape index (κ3) is 5.72. The van der Waals surface area contributed by atoms with Crippen LogP contribution in [0.1, 0.15) is 31.0 Å². The van der Waals surface area contributed by atoms with Gasteiger partial charge in [0.05, 0.1) is 22.9 Å². The largest absolute Gasteiger partial charge is 0.421 e. The first kappa shape index (κ1) is 23.9. The minimum absolute atomic E-state index is 0.0202. The predicted octanol–water partition coefficient (Wildman–Crippen LogP) is 4.45. The van der Waals surface area contributed by atoms with Crippen LogP contribution >= 0.6 is 11.6 Å². The van der Waals surface area contributed by atoms with Gasteiger partial charge in [-0.2, -0.15) is 9.97 Å². The lowest BCUT2D eigenvalue weighted by molar-refractivity contribution is 0.407. The fraction of sp³-hybridized carbons (Fsp3) is 0.318. The molecule has 10 heteroatoms. The number of halogens is 2. The van der Waals surface area contributed by atoms with E-state index < -0.39 is 15.7 Å². The minimum Gasteiger partial charge on any atom is -0.421 e. The first-order valence-electron chi connectivity index (χ1n) is 9.97. The molecule has 0 atom stereocenters. The highest BCUT2D eigenvalue weighted by Gasteiger charge is 2.18. The number of rotatable bonds is 8. The van der Waals surface area contributed by atoms with Crippen LogP contribution in [0.5, 0.6) is 11.8 Å². The van der Waals surface area contributed by atoms with Gasteiger partial charge in [0.25, 0.3) is 5.56 Å². The zero-order valence-corrected chi connectivity index (χ0v) is 19.5. The quantitative estimate of drug-likeness (QED) is 0.474. The molecule has 0 amide bonds. The first-order chi connectivity index (χ1) is 15.1. The van der Waals surface area contributed by atoms with Crippen molar-refractivity contribution in [2.24, 2.45) is 7.05 Å². The van der Waals surface area contributed by atoms with Gasteiger partial charge >= 0.3 is 6.01 Å². The summed E-state index contributed by atoms with van der Waals surface area (Å²) >= 11 is 6.03. The van der Waals surface area contributed by atoms with Gasteiger partial charge in [0.2, 0.25) is 0 Å². The second kappa shape index (κ2) is 9.79. The van der Waals surface area contributed by atoms with Crippen molar-refractivity contribution in [3.63, 3.8) is 0 Å². The smallest absolute Gasteiger partial charge is 0.322 e. The van der Waals surface area contributed by atoms with Gasteiger partial charge in [-0.1, -0.05) is 37.1 Å². The Morgan fingerprint density at radius 3 is 2.62 bits per heavy atom. The number of pyridine rings is 1. The van der Waals surface area contributed by atoms with Crippen molar-refractivity contribution in [1.82, 2.24) is 14.5 Å². The molecule has 0 N–H and O–H groups in total. The average Bonchev–Trinajstić information content (AvgIpc) is 2.72. The maximum absolute atomic E-state index is 14.3. The molecule has 0 bridgehead atoms. The topological polar surface area (TPSA) is 91.2 Å². The van der Waals surface area contributed by atoms with E-state index in [0.29, 0.717) is 23.2 Å². The van der Waals surface area contributed by atoms with Crippen molar-refractivity contribution in [1.29, 1.82) is 0 Å². The molecular weight excluding hydrogens is 457 g/mol. The van der Waals surface area contributed by atoms with Crippen LogP contribution in [0.25, 0.3) is 11.3 Å². The van der Waals surface area contributed by atoms with E-state index in [1.165, 1.54) is 36.0 Å². The summed E-state index contributed by atoms with van der Waals surface area (Å²) in [4.78, 5) is 20.5. The zero-order valence-electron chi connectivity index (χ0n) is 17.9. The number of para-hydroxylation sites is 1. The van der Waals surface area contributed by atoms with Gasteiger partial charge in [0.1, 0.15) is 5.02 Å². The third-order valence-corrected chi connectivity index (χ3v) is 6.64. The van der Waals surface area contributed by atoms with E-state index >= 15 is 0 Å². The normalized spacial score (nSPS) is 11.5. The molecule has 3 rings (SSSR count). The molecule has 7 nitrogen and oxygen atoms in total. The maximum atomic E-state index is 14.3. The Balaban J connectivity index is 2.10. The molecule has 0 fully saturated rings. The summed E-state index contributed by atoms with van der Waals surface area (Å²) in [6.07, 6.45) is 2.80. The van der Waals surface area contributed by atoms with Crippen molar-refractivity contribution >= 4 is 21.4 Å². The molecule has 32 heavy (non-hydrogen) atoms. The number of sulfone groups is 1. The molecule has 0 spiro atoms. The van der Waals surface area contributed by atoms with Crippen LogP contribution in [0.15, 0.2) is 41.3 Å². The number of unbranched alkanes of at least 4 members (excludes halogenated alkanes) is 1. The highest BCUT2D eigenvalue weighted by molar-refractivity contribution is 7.90. The molecule has 0 aliphatic carbocycles. The zero-order chi connectivity index (χ0) is 23.5. The molecule has 170 valence electrons. The fourth-order valence-electron chi connectivity index (χ4n) is 3.05. The van der Waals surface area contributed by atoms with Gasteiger partial charge in [-0.05, 0) is 37.1 Å². The molecule has 0 saturated carbocycles. The molecule has 0 aliphatic heterocycles. The first-order valence-corrected chi connectivity index (χ1v) is 12.2. The van der Waals surface area contributed by atoms with Gasteiger partial charge in [0, 0.05) is 18.8 Å². The Morgan fingerprint density at radius 2 is 1.97 bits per heavy atom. The van der Waals surface area contributed by atoms with Crippen LogP contribution in [0.4, 0.5) is 4.39 Å². The van der Waals surface area contributed by atoms with Crippen LogP contribution in [-0.2, 0) is 22.6 Å². The Kier molecular flexibility index (Phi) is 7.30. The van der Waals surface area contributed by atoms with E-state index in [-0.39, 0.29) is 39.5 Å². The van der Waals surface area contributed by atoms with Crippen molar-refractivity contribution < 1.29 is 17.5 Å². The number of hydrogen-bond donors (Lipinski definition) is 0. The number of nitrogens with zero attached hydrogens (tertiary/aromatic N) is 3. The third-order valence-electron chi connectivity index (χ3n) is 4.73. The minimum atomic E-state index is -3.43. The summed E-state index contributed by atoms with van der Waals surface area (Å²) in [7, 11) is -1.89. The molecule has 2 heterocycles. The SMILES string of the molecule is CCCCS(=O)(=O)Cc1cc(-c2cc(Cl)c(=O)n(C)c2)nc(Oc2c(C)cccc2F)n1. The summed E-state index contributed by atoms with van der Waals surface area (Å²) in [5, 5.41) is -0.0202. The van der Waals surface area contributed by atoms with E-state index in [0.717, 1.165) is 6.42 Å². The second-order valence-corrected chi connectivity index (χ2v) is 10.0.